The van der Waals surface area contributed by atoms with Gasteiger partial charge in [-0.25, -0.2) is 0 Å². The van der Waals surface area contributed by atoms with Crippen molar-refractivity contribution >= 4 is 17.2 Å². The first-order valence-electron chi connectivity index (χ1n) is 6.96. The Kier molecular flexibility index (Phi) is 6.21. The highest BCUT2D eigenvalue weighted by Crippen LogP contribution is 2.20. The number of morpholine rings is 1. The summed E-state index contributed by atoms with van der Waals surface area (Å²) >= 11 is 1.63. The normalized spacial score (nSPS) is 18.9. The molecule has 1 fully saturated rings. The van der Waals surface area contributed by atoms with E-state index in [0.717, 1.165) is 18.0 Å². The molecule has 6 heteroatoms. The molecule has 2 rings (SSSR count). The molecule has 1 amide bonds. The summed E-state index contributed by atoms with van der Waals surface area (Å²) in [7, 11) is 1.65. The minimum absolute atomic E-state index is 0.00535. The lowest BCUT2D eigenvalue weighted by atomic mass is 10.2. The number of aliphatic hydroxyl groups excluding tert-OH is 1. The van der Waals surface area contributed by atoms with Crippen LogP contribution in [-0.4, -0.2) is 55.4 Å². The number of carbonyl (C=O) groups is 1. The van der Waals surface area contributed by atoms with Gasteiger partial charge in [-0.2, -0.15) is 0 Å². The Hall–Kier alpha value is -1.39. The molecule has 21 heavy (non-hydrogen) atoms. The van der Waals surface area contributed by atoms with Crippen LogP contribution in [0.15, 0.2) is 12.1 Å². The van der Waals surface area contributed by atoms with Gasteiger partial charge < -0.3 is 15.2 Å². The van der Waals surface area contributed by atoms with Crippen molar-refractivity contribution in [2.24, 2.45) is 0 Å². The number of thiophene rings is 1. The Morgan fingerprint density at radius 2 is 2.48 bits per heavy atom. The third-order valence-electron chi connectivity index (χ3n) is 3.26. The van der Waals surface area contributed by atoms with E-state index in [1.807, 2.05) is 12.1 Å². The van der Waals surface area contributed by atoms with E-state index in [1.165, 1.54) is 4.88 Å². The van der Waals surface area contributed by atoms with Crippen molar-refractivity contribution < 1.29 is 14.6 Å². The van der Waals surface area contributed by atoms with E-state index >= 15 is 0 Å². The van der Waals surface area contributed by atoms with Crippen LogP contribution in [0, 0.1) is 11.8 Å². The van der Waals surface area contributed by atoms with Crippen LogP contribution < -0.4 is 5.32 Å². The Morgan fingerprint density at radius 1 is 1.62 bits per heavy atom. The average molecular weight is 308 g/mol. The van der Waals surface area contributed by atoms with Crippen molar-refractivity contribution in [3.05, 3.63) is 21.9 Å². The number of hydrogen-bond acceptors (Lipinski definition) is 5. The monoisotopic (exact) mass is 308 g/mol. The Balaban J connectivity index is 1.99. The molecule has 5 nitrogen and oxygen atoms in total. The van der Waals surface area contributed by atoms with Crippen LogP contribution in [0.2, 0.25) is 0 Å². The number of rotatable bonds is 4. The van der Waals surface area contributed by atoms with E-state index in [-0.39, 0.29) is 18.6 Å². The van der Waals surface area contributed by atoms with Gasteiger partial charge in [0.1, 0.15) is 6.04 Å². The van der Waals surface area contributed by atoms with E-state index in [1.54, 1.807) is 18.4 Å². The smallest absolute Gasteiger partial charge is 0.239 e. The second-order valence-corrected chi connectivity index (χ2v) is 5.89. The van der Waals surface area contributed by atoms with Gasteiger partial charge >= 0.3 is 0 Å². The van der Waals surface area contributed by atoms with Crippen molar-refractivity contribution in [1.29, 1.82) is 0 Å². The molecule has 0 saturated carbocycles. The molecule has 0 bridgehead atoms. The van der Waals surface area contributed by atoms with Crippen LogP contribution >= 0.6 is 11.3 Å². The van der Waals surface area contributed by atoms with E-state index in [2.05, 4.69) is 22.1 Å². The van der Waals surface area contributed by atoms with Crippen molar-refractivity contribution in [2.45, 2.75) is 19.0 Å². The third kappa shape index (κ3) is 4.55. The van der Waals surface area contributed by atoms with E-state index < -0.39 is 0 Å². The summed E-state index contributed by atoms with van der Waals surface area (Å²) in [6, 6.07) is 3.80. The highest BCUT2D eigenvalue weighted by Gasteiger charge is 2.28. The first-order valence-corrected chi connectivity index (χ1v) is 7.78. The molecule has 1 unspecified atom stereocenters. The van der Waals surface area contributed by atoms with Crippen LogP contribution in [0.4, 0.5) is 0 Å². The quantitative estimate of drug-likeness (QED) is 0.792. The van der Waals surface area contributed by atoms with Crippen molar-refractivity contribution in [1.82, 2.24) is 10.2 Å². The topological polar surface area (TPSA) is 61.8 Å². The lowest BCUT2D eigenvalue weighted by molar-refractivity contribution is -0.132. The highest BCUT2D eigenvalue weighted by molar-refractivity contribution is 7.12. The molecule has 1 aliphatic heterocycles. The SMILES string of the molecule is CNC(=O)C1COCCN1Cc1ccc(C#CCCO)s1. The van der Waals surface area contributed by atoms with Gasteiger partial charge in [-0.05, 0) is 12.1 Å². The molecule has 0 spiro atoms. The Bertz CT molecular complexity index is 533. The van der Waals surface area contributed by atoms with Crippen LogP contribution in [0.3, 0.4) is 0 Å². The maximum Gasteiger partial charge on any atom is 0.239 e. The Morgan fingerprint density at radius 3 is 3.24 bits per heavy atom. The molecule has 0 radical (unpaired) electrons. The van der Waals surface area contributed by atoms with E-state index in [4.69, 9.17) is 9.84 Å². The molecule has 114 valence electrons. The van der Waals surface area contributed by atoms with E-state index in [0.29, 0.717) is 19.6 Å². The molecule has 2 N–H and O–H groups in total. The number of amides is 1. The second-order valence-electron chi connectivity index (χ2n) is 4.72. The molecular weight excluding hydrogens is 288 g/mol. The maximum absolute atomic E-state index is 11.9. The molecule has 1 aliphatic rings. The van der Waals surface area contributed by atoms with Crippen LogP contribution in [-0.2, 0) is 16.1 Å². The molecular formula is C15H20N2O3S. The van der Waals surface area contributed by atoms with Crippen LogP contribution in [0.1, 0.15) is 16.2 Å². The van der Waals surface area contributed by atoms with Gasteiger partial charge in [0.25, 0.3) is 0 Å². The number of aliphatic hydroxyl groups is 1. The van der Waals surface area contributed by atoms with Gasteiger partial charge in [0.2, 0.25) is 5.91 Å². The van der Waals surface area contributed by atoms with Gasteiger partial charge in [0, 0.05) is 31.4 Å². The van der Waals surface area contributed by atoms with Gasteiger partial charge in [-0.3, -0.25) is 9.69 Å². The summed E-state index contributed by atoms with van der Waals surface area (Å²) in [5.74, 6) is 5.95. The first kappa shape index (κ1) is 16.0. The zero-order valence-corrected chi connectivity index (χ0v) is 12.9. The largest absolute Gasteiger partial charge is 0.395 e. The third-order valence-corrected chi connectivity index (χ3v) is 4.24. The zero-order valence-electron chi connectivity index (χ0n) is 12.1. The fourth-order valence-corrected chi connectivity index (χ4v) is 3.08. The lowest BCUT2D eigenvalue weighted by Crippen LogP contribution is -2.52. The van der Waals surface area contributed by atoms with Crippen molar-refractivity contribution in [3.8, 4) is 11.8 Å². The first-order chi connectivity index (χ1) is 10.2. The zero-order chi connectivity index (χ0) is 15.1. The molecule has 1 saturated heterocycles. The number of likely N-dealkylation sites (N-methyl/N-ethyl adjacent to an activating group) is 1. The number of carbonyl (C=O) groups excluding carboxylic acids is 1. The summed E-state index contributed by atoms with van der Waals surface area (Å²) in [5.41, 5.74) is 0. The van der Waals surface area contributed by atoms with Crippen LogP contribution in [0.25, 0.3) is 0 Å². The summed E-state index contributed by atoms with van der Waals surface area (Å²) in [6.45, 7) is 2.67. The predicted octanol–water partition coefficient (Wildman–Crippen LogP) is 0.429. The number of hydrogen-bond donors (Lipinski definition) is 2. The van der Waals surface area contributed by atoms with Gasteiger partial charge in [-0.1, -0.05) is 11.8 Å². The molecule has 0 aromatic carbocycles. The minimum atomic E-state index is -0.227. The summed E-state index contributed by atoms with van der Waals surface area (Å²) < 4.78 is 5.40. The molecule has 1 aromatic rings. The van der Waals surface area contributed by atoms with Crippen molar-refractivity contribution in [2.75, 3.05) is 33.4 Å². The fraction of sp³-hybridized carbons (Fsp3) is 0.533. The van der Waals surface area contributed by atoms with Gasteiger partial charge in [0.15, 0.2) is 0 Å². The standard InChI is InChI=1S/C15H20N2O3S/c1-16-15(19)14-11-20-9-7-17(14)10-13-6-5-12(21-13)4-2-3-8-18/h5-6,14,18H,3,7-11H2,1H3,(H,16,19). The van der Waals surface area contributed by atoms with Gasteiger partial charge in [-0.15, -0.1) is 11.3 Å². The summed E-state index contributed by atoms with van der Waals surface area (Å²) in [5, 5.41) is 11.4. The second kappa shape index (κ2) is 8.15. The van der Waals surface area contributed by atoms with E-state index in [9.17, 15) is 4.79 Å². The maximum atomic E-state index is 11.9. The summed E-state index contributed by atoms with van der Waals surface area (Å²) in [6.07, 6.45) is 0.495. The molecule has 0 aliphatic carbocycles. The highest BCUT2D eigenvalue weighted by atomic mass is 32.1. The minimum Gasteiger partial charge on any atom is -0.395 e. The van der Waals surface area contributed by atoms with Crippen LogP contribution in [0.5, 0.6) is 0 Å². The molecule has 1 aromatic heterocycles. The fourth-order valence-electron chi connectivity index (χ4n) is 2.17. The lowest BCUT2D eigenvalue weighted by Gasteiger charge is -2.33. The molecule has 2 heterocycles. The average Bonchev–Trinajstić information content (AvgIpc) is 2.95. The Labute approximate surface area is 128 Å². The predicted molar refractivity (Wildman–Crippen MR) is 82.0 cm³/mol. The summed E-state index contributed by atoms with van der Waals surface area (Å²) in [4.78, 5) is 16.2. The van der Waals surface area contributed by atoms with Gasteiger partial charge in [0.05, 0.1) is 24.7 Å². The number of nitrogens with one attached hydrogen (secondary N) is 1. The number of ether oxygens (including phenoxy) is 1. The van der Waals surface area contributed by atoms with Crippen molar-refractivity contribution in [3.63, 3.8) is 0 Å². The number of nitrogens with zero attached hydrogens (tertiary/aromatic N) is 1. The molecule has 1 atom stereocenters.